The van der Waals surface area contributed by atoms with Crippen molar-refractivity contribution in [2.45, 2.75) is 26.2 Å². The Hall–Kier alpha value is -1.10. The minimum Gasteiger partial charge on any atom is -0.339 e. The highest BCUT2D eigenvalue weighted by Crippen LogP contribution is 2.26. The third-order valence-electron chi connectivity index (χ3n) is 3.00. The zero-order valence-corrected chi connectivity index (χ0v) is 13.0. The van der Waals surface area contributed by atoms with Gasteiger partial charge in [0.1, 0.15) is 0 Å². The van der Waals surface area contributed by atoms with Gasteiger partial charge in [-0.1, -0.05) is 48.3 Å². The van der Waals surface area contributed by atoms with Crippen LogP contribution in [0.2, 0.25) is 10.0 Å². The molecule has 0 aliphatic carbocycles. The molecule has 0 aliphatic rings. The normalized spacial score (nSPS) is 12.6. The van der Waals surface area contributed by atoms with Crippen LogP contribution in [0.25, 0.3) is 0 Å². The Labute approximate surface area is 128 Å². The summed E-state index contributed by atoms with van der Waals surface area (Å²) in [6.45, 7) is 5.83. The van der Waals surface area contributed by atoms with Crippen molar-refractivity contribution in [2.24, 2.45) is 0 Å². The van der Waals surface area contributed by atoms with Crippen LogP contribution in [0.3, 0.4) is 0 Å². The minimum absolute atomic E-state index is 0.179. The first-order valence-corrected chi connectivity index (χ1v) is 7.33. The Bertz CT molecular complexity index is 551. The van der Waals surface area contributed by atoms with Crippen molar-refractivity contribution < 1.29 is 4.52 Å². The van der Waals surface area contributed by atoms with Crippen molar-refractivity contribution in [2.75, 3.05) is 13.1 Å². The van der Waals surface area contributed by atoms with Crippen molar-refractivity contribution in [1.29, 1.82) is 0 Å². The van der Waals surface area contributed by atoms with Gasteiger partial charge >= 0.3 is 0 Å². The summed E-state index contributed by atoms with van der Waals surface area (Å²) in [5, 5.41) is 8.48. The van der Waals surface area contributed by atoms with Gasteiger partial charge in [0.15, 0.2) is 5.82 Å². The second kappa shape index (κ2) is 7.07. The molecule has 1 heterocycles. The number of halogens is 2. The number of hydrogen-bond acceptors (Lipinski definition) is 4. The fourth-order valence-electron chi connectivity index (χ4n) is 1.85. The molecule has 1 N–H and O–H groups in total. The fourth-order valence-corrected chi connectivity index (χ4v) is 2.38. The number of nitrogens with zero attached hydrogens (tertiary/aromatic N) is 2. The van der Waals surface area contributed by atoms with Gasteiger partial charge in [0, 0.05) is 28.9 Å². The van der Waals surface area contributed by atoms with Crippen LogP contribution in [-0.4, -0.2) is 23.2 Å². The van der Waals surface area contributed by atoms with E-state index in [1.54, 1.807) is 12.1 Å². The molecule has 0 saturated heterocycles. The Balaban J connectivity index is 2.10. The molecule has 0 saturated carbocycles. The van der Waals surface area contributed by atoms with E-state index in [0.717, 1.165) is 18.7 Å². The van der Waals surface area contributed by atoms with Gasteiger partial charge < -0.3 is 9.84 Å². The van der Waals surface area contributed by atoms with Crippen LogP contribution < -0.4 is 5.32 Å². The molecule has 2 aromatic rings. The van der Waals surface area contributed by atoms with Crippen LogP contribution in [0.15, 0.2) is 22.7 Å². The van der Waals surface area contributed by atoms with Crippen LogP contribution in [0.5, 0.6) is 0 Å². The maximum Gasteiger partial charge on any atom is 0.230 e. The first kappa shape index (κ1) is 15.3. The lowest BCUT2D eigenvalue weighted by molar-refractivity contribution is 0.352. The lowest BCUT2D eigenvalue weighted by Gasteiger charge is -2.05. The minimum atomic E-state index is 0.179. The summed E-state index contributed by atoms with van der Waals surface area (Å²) in [4.78, 5) is 4.41. The van der Waals surface area contributed by atoms with Gasteiger partial charge in [0.2, 0.25) is 5.89 Å². The van der Waals surface area contributed by atoms with Gasteiger partial charge in [-0.05, 0) is 24.2 Å². The van der Waals surface area contributed by atoms with Gasteiger partial charge in [-0.15, -0.1) is 0 Å². The van der Waals surface area contributed by atoms with Crippen molar-refractivity contribution in [3.8, 4) is 0 Å². The van der Waals surface area contributed by atoms with E-state index in [0.29, 0.717) is 28.2 Å². The first-order chi connectivity index (χ1) is 9.61. The number of rotatable bonds is 6. The summed E-state index contributed by atoms with van der Waals surface area (Å²) in [7, 11) is 0. The van der Waals surface area contributed by atoms with Crippen molar-refractivity contribution >= 4 is 23.2 Å². The zero-order chi connectivity index (χ0) is 14.5. The van der Waals surface area contributed by atoms with Gasteiger partial charge in [-0.3, -0.25) is 0 Å². The highest BCUT2D eigenvalue weighted by atomic mass is 35.5. The quantitative estimate of drug-likeness (QED) is 0.883. The lowest BCUT2D eigenvalue weighted by atomic mass is 10.1. The molecular weight excluding hydrogens is 297 g/mol. The molecule has 0 radical (unpaired) electrons. The molecule has 4 nitrogen and oxygen atoms in total. The molecule has 1 aromatic carbocycles. The van der Waals surface area contributed by atoms with Gasteiger partial charge in [0.05, 0.1) is 0 Å². The summed E-state index contributed by atoms with van der Waals surface area (Å²) in [6, 6.07) is 5.42. The van der Waals surface area contributed by atoms with Crippen LogP contribution in [0, 0.1) is 0 Å². The van der Waals surface area contributed by atoms with E-state index >= 15 is 0 Å². The SMILES string of the molecule is CCNCC(C)c1nc(Cc2c(Cl)cccc2Cl)no1. The van der Waals surface area contributed by atoms with Gasteiger partial charge in [0.25, 0.3) is 0 Å². The molecule has 6 heteroatoms. The van der Waals surface area contributed by atoms with Crippen LogP contribution in [0.1, 0.15) is 37.0 Å². The third-order valence-corrected chi connectivity index (χ3v) is 3.71. The van der Waals surface area contributed by atoms with E-state index in [-0.39, 0.29) is 5.92 Å². The topological polar surface area (TPSA) is 51.0 Å². The van der Waals surface area contributed by atoms with E-state index in [1.165, 1.54) is 0 Å². The number of benzene rings is 1. The summed E-state index contributed by atoms with van der Waals surface area (Å²) >= 11 is 12.3. The largest absolute Gasteiger partial charge is 0.339 e. The lowest BCUT2D eigenvalue weighted by Crippen LogP contribution is -2.19. The molecule has 0 bridgehead atoms. The van der Waals surface area contributed by atoms with E-state index in [2.05, 4.69) is 22.4 Å². The van der Waals surface area contributed by atoms with Crippen molar-refractivity contribution in [3.63, 3.8) is 0 Å². The van der Waals surface area contributed by atoms with Gasteiger partial charge in [-0.25, -0.2) is 0 Å². The number of nitrogens with one attached hydrogen (secondary N) is 1. The maximum absolute atomic E-state index is 6.14. The molecule has 2 rings (SSSR count). The monoisotopic (exact) mass is 313 g/mol. The molecule has 20 heavy (non-hydrogen) atoms. The van der Waals surface area contributed by atoms with Crippen LogP contribution in [-0.2, 0) is 6.42 Å². The highest BCUT2D eigenvalue weighted by molar-refractivity contribution is 6.36. The predicted molar refractivity (Wildman–Crippen MR) is 80.5 cm³/mol. The average Bonchev–Trinajstić information content (AvgIpc) is 2.89. The Kier molecular flexibility index (Phi) is 5.40. The molecule has 0 spiro atoms. The van der Waals surface area contributed by atoms with Crippen LogP contribution in [0.4, 0.5) is 0 Å². The zero-order valence-electron chi connectivity index (χ0n) is 11.5. The third kappa shape index (κ3) is 3.72. The summed E-state index contributed by atoms with van der Waals surface area (Å²) in [5.74, 6) is 1.40. The summed E-state index contributed by atoms with van der Waals surface area (Å²) < 4.78 is 5.29. The fraction of sp³-hybridized carbons (Fsp3) is 0.429. The van der Waals surface area contributed by atoms with Gasteiger partial charge in [-0.2, -0.15) is 4.98 Å². The van der Waals surface area contributed by atoms with Crippen molar-refractivity contribution in [1.82, 2.24) is 15.5 Å². The average molecular weight is 314 g/mol. The number of hydrogen-bond donors (Lipinski definition) is 1. The van der Waals surface area contributed by atoms with E-state index in [1.807, 2.05) is 13.0 Å². The molecule has 1 aromatic heterocycles. The number of likely N-dealkylation sites (N-methyl/N-ethyl adjacent to an activating group) is 1. The maximum atomic E-state index is 6.14. The Morgan fingerprint density at radius 2 is 2.00 bits per heavy atom. The predicted octanol–water partition coefficient (Wildman–Crippen LogP) is 3.68. The molecule has 0 amide bonds. The highest BCUT2D eigenvalue weighted by Gasteiger charge is 2.15. The molecule has 1 atom stereocenters. The summed E-state index contributed by atoms with van der Waals surface area (Å²) in [6.07, 6.45) is 0.468. The molecule has 108 valence electrons. The molecule has 0 aliphatic heterocycles. The van der Waals surface area contributed by atoms with Crippen LogP contribution >= 0.6 is 23.2 Å². The Morgan fingerprint density at radius 3 is 2.65 bits per heavy atom. The standard InChI is InChI=1S/C14H17Cl2N3O/c1-3-17-8-9(2)14-18-13(19-20-14)7-10-11(15)5-4-6-12(10)16/h4-6,9,17H,3,7-8H2,1-2H3. The van der Waals surface area contributed by atoms with Crippen molar-refractivity contribution in [3.05, 3.63) is 45.5 Å². The summed E-state index contributed by atoms with van der Waals surface area (Å²) in [5.41, 5.74) is 0.822. The smallest absolute Gasteiger partial charge is 0.230 e. The second-order valence-corrected chi connectivity index (χ2v) is 5.45. The number of aromatic nitrogens is 2. The first-order valence-electron chi connectivity index (χ1n) is 6.58. The van der Waals surface area contributed by atoms with E-state index < -0.39 is 0 Å². The van der Waals surface area contributed by atoms with E-state index in [9.17, 15) is 0 Å². The van der Waals surface area contributed by atoms with E-state index in [4.69, 9.17) is 27.7 Å². The molecule has 1 unspecified atom stereocenters. The molecule has 0 fully saturated rings. The molecular formula is C14H17Cl2N3O. The Morgan fingerprint density at radius 1 is 1.30 bits per heavy atom. The second-order valence-electron chi connectivity index (χ2n) is 4.63.